The Morgan fingerprint density at radius 1 is 1.25 bits per heavy atom. The van der Waals surface area contributed by atoms with E-state index in [9.17, 15) is 4.79 Å². The maximum Gasteiger partial charge on any atom is 0.186 e. The number of rotatable bonds is 4. The average Bonchev–Trinajstić information content (AvgIpc) is 2.67. The number of anilines is 1. The van der Waals surface area contributed by atoms with Gasteiger partial charge in [-0.05, 0) is 31.6 Å². The average molecular weight is 294 g/mol. The van der Waals surface area contributed by atoms with E-state index in [1.54, 1.807) is 11.3 Å². The van der Waals surface area contributed by atoms with Crippen LogP contribution < -0.4 is 4.90 Å². The summed E-state index contributed by atoms with van der Waals surface area (Å²) in [5.41, 5.74) is 1.07. The molecule has 0 saturated carbocycles. The summed E-state index contributed by atoms with van der Waals surface area (Å²) in [5.74, 6) is 0.860. The molecule has 0 fully saturated rings. The van der Waals surface area contributed by atoms with Crippen LogP contribution in [0.25, 0.3) is 0 Å². The fourth-order valence-corrected chi connectivity index (χ4v) is 3.90. The van der Waals surface area contributed by atoms with Gasteiger partial charge in [-0.2, -0.15) is 0 Å². The third kappa shape index (κ3) is 3.22. The van der Waals surface area contributed by atoms with Crippen LogP contribution in [-0.2, 0) is 6.42 Å². The van der Waals surface area contributed by atoms with Crippen LogP contribution in [0.15, 0.2) is 0 Å². The minimum Gasteiger partial charge on any atom is -0.345 e. The number of nitrogens with zero attached hydrogens (tertiary/aromatic N) is 2. The quantitative estimate of drug-likeness (QED) is 0.835. The van der Waals surface area contributed by atoms with Crippen LogP contribution in [0.3, 0.4) is 0 Å². The lowest BCUT2D eigenvalue weighted by Gasteiger charge is -2.28. The first kappa shape index (κ1) is 15.5. The number of Topliss-reactive ketones (excluding diaryl/α,β-unsaturated/α-hetero) is 1. The van der Waals surface area contributed by atoms with Crippen molar-refractivity contribution in [2.45, 2.75) is 60.4 Å². The molecule has 1 aromatic heterocycles. The van der Waals surface area contributed by atoms with Crippen molar-refractivity contribution in [3.8, 4) is 0 Å². The molecule has 112 valence electrons. The molecule has 1 aliphatic carbocycles. The predicted molar refractivity (Wildman–Crippen MR) is 85.9 cm³/mol. The van der Waals surface area contributed by atoms with Crippen LogP contribution in [0, 0.1) is 11.3 Å². The van der Waals surface area contributed by atoms with Gasteiger partial charge < -0.3 is 4.90 Å². The van der Waals surface area contributed by atoms with Crippen molar-refractivity contribution in [3.63, 3.8) is 0 Å². The molecular weight excluding hydrogens is 268 g/mol. The molecule has 0 bridgehead atoms. The SMILES string of the molecule is CC(C)CN(c1nc2c(s1)C(=O)CC(C)(C)C2)C(C)C. The third-order valence-corrected chi connectivity index (χ3v) is 4.83. The van der Waals surface area contributed by atoms with E-state index in [4.69, 9.17) is 4.98 Å². The maximum absolute atomic E-state index is 12.3. The van der Waals surface area contributed by atoms with Gasteiger partial charge in [0.1, 0.15) is 0 Å². The van der Waals surface area contributed by atoms with Gasteiger partial charge in [0.2, 0.25) is 0 Å². The molecule has 0 unspecified atom stereocenters. The lowest BCUT2D eigenvalue weighted by atomic mass is 9.78. The first-order valence-electron chi connectivity index (χ1n) is 7.49. The molecule has 0 aromatic carbocycles. The van der Waals surface area contributed by atoms with E-state index in [2.05, 4.69) is 46.4 Å². The van der Waals surface area contributed by atoms with Crippen molar-refractivity contribution in [2.24, 2.45) is 11.3 Å². The second-order valence-corrected chi connectivity index (χ2v) is 8.33. The smallest absolute Gasteiger partial charge is 0.186 e. The zero-order valence-electron chi connectivity index (χ0n) is 13.5. The van der Waals surface area contributed by atoms with Gasteiger partial charge in [0.25, 0.3) is 0 Å². The van der Waals surface area contributed by atoms with Crippen LogP contribution in [-0.4, -0.2) is 23.4 Å². The summed E-state index contributed by atoms with van der Waals surface area (Å²) in [7, 11) is 0. The van der Waals surface area contributed by atoms with Gasteiger partial charge in [-0.25, -0.2) is 4.98 Å². The number of hydrogen-bond acceptors (Lipinski definition) is 4. The van der Waals surface area contributed by atoms with Gasteiger partial charge in [0, 0.05) is 19.0 Å². The van der Waals surface area contributed by atoms with E-state index in [0.29, 0.717) is 18.4 Å². The fourth-order valence-electron chi connectivity index (χ4n) is 2.73. The largest absolute Gasteiger partial charge is 0.345 e. The molecule has 0 amide bonds. The highest BCUT2D eigenvalue weighted by Crippen LogP contribution is 2.39. The molecular formula is C16H26N2OS. The summed E-state index contributed by atoms with van der Waals surface area (Å²) in [4.78, 5) is 20.3. The Morgan fingerprint density at radius 2 is 1.90 bits per heavy atom. The summed E-state index contributed by atoms with van der Waals surface area (Å²) < 4.78 is 0. The van der Waals surface area contributed by atoms with E-state index >= 15 is 0 Å². The number of thiazole rings is 1. The highest BCUT2D eigenvalue weighted by Gasteiger charge is 2.34. The van der Waals surface area contributed by atoms with Gasteiger partial charge in [-0.1, -0.05) is 39.0 Å². The van der Waals surface area contributed by atoms with Gasteiger partial charge in [-0.15, -0.1) is 0 Å². The summed E-state index contributed by atoms with van der Waals surface area (Å²) in [6.07, 6.45) is 1.56. The topological polar surface area (TPSA) is 33.2 Å². The zero-order valence-corrected chi connectivity index (χ0v) is 14.3. The molecule has 2 rings (SSSR count). The van der Waals surface area contributed by atoms with Crippen molar-refractivity contribution in [2.75, 3.05) is 11.4 Å². The van der Waals surface area contributed by atoms with Gasteiger partial charge in [0.15, 0.2) is 10.9 Å². The normalized spacial score (nSPS) is 17.7. The molecule has 3 nitrogen and oxygen atoms in total. The van der Waals surface area contributed by atoms with Crippen molar-refractivity contribution in [3.05, 3.63) is 10.6 Å². The van der Waals surface area contributed by atoms with Gasteiger partial charge in [-0.3, -0.25) is 4.79 Å². The number of ketones is 1. The Kier molecular flexibility index (Phi) is 4.24. The standard InChI is InChI=1S/C16H26N2OS/c1-10(2)9-18(11(3)4)15-17-12-7-16(5,6)8-13(19)14(12)20-15/h10-11H,7-9H2,1-6H3. The minimum atomic E-state index is 0.0517. The molecule has 4 heteroatoms. The van der Waals surface area contributed by atoms with E-state index in [-0.39, 0.29) is 11.2 Å². The predicted octanol–water partition coefficient (Wildman–Crippen LogP) is 4.17. The number of aromatic nitrogens is 1. The Hall–Kier alpha value is -0.900. The molecule has 0 spiro atoms. The molecule has 0 saturated heterocycles. The van der Waals surface area contributed by atoms with Gasteiger partial charge in [0.05, 0.1) is 10.6 Å². The molecule has 0 radical (unpaired) electrons. The maximum atomic E-state index is 12.3. The highest BCUT2D eigenvalue weighted by atomic mass is 32.1. The van der Waals surface area contributed by atoms with Crippen LogP contribution in [0.5, 0.6) is 0 Å². The van der Waals surface area contributed by atoms with Crippen molar-refractivity contribution in [1.82, 2.24) is 4.98 Å². The first-order valence-corrected chi connectivity index (χ1v) is 8.31. The number of carbonyl (C=O) groups excluding carboxylic acids is 1. The van der Waals surface area contributed by atoms with Crippen LogP contribution in [0.2, 0.25) is 0 Å². The van der Waals surface area contributed by atoms with E-state index in [0.717, 1.165) is 28.7 Å². The molecule has 0 aliphatic heterocycles. The second kappa shape index (κ2) is 5.47. The Bertz CT molecular complexity index is 503. The molecule has 1 heterocycles. The third-order valence-electron chi connectivity index (χ3n) is 3.66. The summed E-state index contributed by atoms with van der Waals surface area (Å²) >= 11 is 1.59. The minimum absolute atomic E-state index is 0.0517. The number of fused-ring (bicyclic) bond motifs is 1. The van der Waals surface area contributed by atoms with Crippen LogP contribution >= 0.6 is 11.3 Å². The van der Waals surface area contributed by atoms with Crippen molar-refractivity contribution in [1.29, 1.82) is 0 Å². The van der Waals surface area contributed by atoms with Crippen LogP contribution in [0.4, 0.5) is 5.13 Å². The second-order valence-electron chi connectivity index (χ2n) is 7.35. The van der Waals surface area contributed by atoms with E-state index in [1.165, 1.54) is 0 Å². The highest BCUT2D eigenvalue weighted by molar-refractivity contribution is 7.17. The zero-order chi connectivity index (χ0) is 15.1. The molecule has 0 atom stereocenters. The molecule has 20 heavy (non-hydrogen) atoms. The molecule has 1 aliphatic rings. The summed E-state index contributed by atoms with van der Waals surface area (Å²) in [6.45, 7) is 14.1. The molecule has 1 aromatic rings. The van der Waals surface area contributed by atoms with Gasteiger partial charge >= 0.3 is 0 Å². The Balaban J connectivity index is 2.33. The number of carbonyl (C=O) groups is 1. The lowest BCUT2D eigenvalue weighted by Crippen LogP contribution is -2.34. The van der Waals surface area contributed by atoms with Crippen molar-refractivity contribution >= 4 is 22.3 Å². The lowest BCUT2D eigenvalue weighted by molar-refractivity contribution is 0.0916. The van der Waals surface area contributed by atoms with Crippen LogP contribution in [0.1, 0.15) is 63.3 Å². The fraction of sp³-hybridized carbons (Fsp3) is 0.750. The Morgan fingerprint density at radius 3 is 2.45 bits per heavy atom. The van der Waals surface area contributed by atoms with E-state index < -0.39 is 0 Å². The first-order chi connectivity index (χ1) is 9.19. The summed E-state index contributed by atoms with van der Waals surface area (Å²) in [6, 6.07) is 0.410. The van der Waals surface area contributed by atoms with Crippen molar-refractivity contribution < 1.29 is 4.79 Å². The summed E-state index contributed by atoms with van der Waals surface area (Å²) in [5, 5.41) is 1.02. The Labute approximate surface area is 126 Å². The monoisotopic (exact) mass is 294 g/mol. The molecule has 0 N–H and O–H groups in total. The number of hydrogen-bond donors (Lipinski definition) is 0. The van der Waals surface area contributed by atoms with E-state index in [1.807, 2.05) is 0 Å².